The quantitative estimate of drug-likeness (QED) is 0.648. The standard InChI is InChI=1S/C10H17NO2.C2H6OS.2C2H6/c1-10(2,3)13-9(12)11-5-7-4-8(7)6-11;1-3-4-2;2*1-2/h7-8H,4-6H2,1-3H3;1-2H3;2*1-2H3. The second-order valence-corrected chi connectivity index (χ2v) is 6.14. The number of carbonyl (C=O) groups excluding carboxylic acids is 1. The zero-order valence-electron chi connectivity index (χ0n) is 15.4. The molecule has 1 aliphatic heterocycles. The second-order valence-electron chi connectivity index (χ2n) is 5.47. The number of nitrogens with zero attached hydrogens (tertiary/aromatic N) is 1. The first-order valence-electron chi connectivity index (χ1n) is 7.92. The van der Waals surface area contributed by atoms with Crippen molar-refractivity contribution in [2.45, 2.75) is 60.5 Å². The third kappa shape index (κ3) is 10.9. The average molecular weight is 322 g/mol. The topological polar surface area (TPSA) is 38.8 Å². The van der Waals surface area contributed by atoms with Crippen molar-refractivity contribution in [3.05, 3.63) is 0 Å². The summed E-state index contributed by atoms with van der Waals surface area (Å²) in [5.74, 6) is 1.57. The van der Waals surface area contributed by atoms with Crippen LogP contribution >= 0.6 is 12.0 Å². The van der Waals surface area contributed by atoms with E-state index in [1.54, 1.807) is 7.11 Å². The minimum Gasteiger partial charge on any atom is -0.444 e. The Morgan fingerprint density at radius 1 is 1.10 bits per heavy atom. The zero-order chi connectivity index (χ0) is 17.1. The third-order valence-corrected chi connectivity index (χ3v) is 3.13. The van der Waals surface area contributed by atoms with Gasteiger partial charge in [-0.3, -0.25) is 0 Å². The van der Waals surface area contributed by atoms with Crippen LogP contribution in [0, 0.1) is 11.8 Å². The number of hydrogen-bond donors (Lipinski definition) is 0. The molecule has 0 aromatic carbocycles. The molecule has 0 spiro atoms. The van der Waals surface area contributed by atoms with Gasteiger partial charge in [0.2, 0.25) is 0 Å². The average Bonchev–Trinajstić information content (AvgIpc) is 3.08. The van der Waals surface area contributed by atoms with Crippen LogP contribution in [0.15, 0.2) is 0 Å². The van der Waals surface area contributed by atoms with Crippen LogP contribution in [-0.4, -0.2) is 43.0 Å². The van der Waals surface area contributed by atoms with E-state index in [1.807, 2.05) is 59.6 Å². The van der Waals surface area contributed by atoms with Crippen molar-refractivity contribution in [2.75, 3.05) is 26.5 Å². The Kier molecular flexibility index (Phi) is 13.2. The molecule has 4 nitrogen and oxygen atoms in total. The molecule has 1 saturated carbocycles. The largest absolute Gasteiger partial charge is 0.444 e. The fourth-order valence-corrected chi connectivity index (χ4v) is 1.87. The zero-order valence-corrected chi connectivity index (χ0v) is 16.2. The van der Waals surface area contributed by atoms with Gasteiger partial charge in [0.15, 0.2) is 0 Å². The molecule has 2 aliphatic rings. The summed E-state index contributed by atoms with van der Waals surface area (Å²) >= 11 is 1.36. The third-order valence-electron chi connectivity index (χ3n) is 2.80. The molecule has 2 fully saturated rings. The van der Waals surface area contributed by atoms with E-state index in [1.165, 1.54) is 18.5 Å². The number of piperidine rings is 1. The van der Waals surface area contributed by atoms with Gasteiger partial charge in [-0.15, -0.1) is 0 Å². The number of hydrogen-bond acceptors (Lipinski definition) is 4. The highest BCUT2D eigenvalue weighted by atomic mass is 32.2. The highest BCUT2D eigenvalue weighted by Gasteiger charge is 2.47. The van der Waals surface area contributed by atoms with Gasteiger partial charge < -0.3 is 13.8 Å². The Morgan fingerprint density at radius 2 is 1.48 bits per heavy atom. The molecule has 0 N–H and O–H groups in total. The van der Waals surface area contributed by atoms with Crippen molar-refractivity contribution in [1.29, 1.82) is 0 Å². The van der Waals surface area contributed by atoms with E-state index in [0.717, 1.165) is 24.9 Å². The lowest BCUT2D eigenvalue weighted by Gasteiger charge is -2.25. The lowest BCUT2D eigenvalue weighted by atomic mass is 10.2. The highest BCUT2D eigenvalue weighted by molar-refractivity contribution is 7.93. The van der Waals surface area contributed by atoms with Gasteiger partial charge in [-0.2, -0.15) is 0 Å². The lowest BCUT2D eigenvalue weighted by Crippen LogP contribution is -2.36. The molecule has 1 saturated heterocycles. The molecule has 1 heterocycles. The van der Waals surface area contributed by atoms with Gasteiger partial charge in [0.1, 0.15) is 5.60 Å². The molecule has 0 aromatic rings. The Balaban J connectivity index is 0. The molecule has 1 aliphatic carbocycles. The number of fused-ring (bicyclic) bond motifs is 1. The summed E-state index contributed by atoms with van der Waals surface area (Å²) in [6, 6.07) is 0. The van der Waals surface area contributed by atoms with Gasteiger partial charge in [-0.25, -0.2) is 4.79 Å². The van der Waals surface area contributed by atoms with E-state index in [2.05, 4.69) is 4.18 Å². The first-order chi connectivity index (χ1) is 9.87. The van der Waals surface area contributed by atoms with Crippen molar-refractivity contribution in [1.82, 2.24) is 4.90 Å². The van der Waals surface area contributed by atoms with E-state index in [4.69, 9.17) is 4.74 Å². The molecule has 1 amide bonds. The fraction of sp³-hybridized carbons (Fsp3) is 0.938. The van der Waals surface area contributed by atoms with Gasteiger partial charge >= 0.3 is 6.09 Å². The monoisotopic (exact) mass is 321 g/mol. The SMILES string of the molecule is CC.CC.CC(C)(C)OC(=O)N1CC2CC2C1.COSC. The van der Waals surface area contributed by atoms with Crippen LogP contribution < -0.4 is 0 Å². The molecule has 5 heteroatoms. The van der Waals surface area contributed by atoms with E-state index >= 15 is 0 Å². The summed E-state index contributed by atoms with van der Waals surface area (Å²) in [5, 5.41) is 0. The van der Waals surface area contributed by atoms with Crippen molar-refractivity contribution in [3.63, 3.8) is 0 Å². The Bertz CT molecular complexity index is 255. The van der Waals surface area contributed by atoms with Crippen LogP contribution in [-0.2, 0) is 8.92 Å². The van der Waals surface area contributed by atoms with E-state index in [-0.39, 0.29) is 11.7 Å². The number of carbonyl (C=O) groups is 1. The predicted molar refractivity (Wildman–Crippen MR) is 92.6 cm³/mol. The maximum atomic E-state index is 11.5. The maximum Gasteiger partial charge on any atom is 0.410 e. The van der Waals surface area contributed by atoms with Crippen molar-refractivity contribution >= 4 is 18.1 Å². The van der Waals surface area contributed by atoms with Crippen LogP contribution in [0.4, 0.5) is 4.79 Å². The molecule has 128 valence electrons. The van der Waals surface area contributed by atoms with Crippen LogP contribution in [0.5, 0.6) is 0 Å². The van der Waals surface area contributed by atoms with Gasteiger partial charge in [-0.05, 0) is 51.1 Å². The van der Waals surface area contributed by atoms with Crippen molar-refractivity contribution in [2.24, 2.45) is 11.8 Å². The number of amides is 1. The van der Waals surface area contributed by atoms with E-state index in [0.29, 0.717) is 0 Å². The molecule has 21 heavy (non-hydrogen) atoms. The Labute approximate surface area is 136 Å². The van der Waals surface area contributed by atoms with Crippen molar-refractivity contribution < 1.29 is 13.7 Å². The number of likely N-dealkylation sites (tertiary alicyclic amines) is 1. The summed E-state index contributed by atoms with van der Waals surface area (Å²) in [4.78, 5) is 13.4. The summed E-state index contributed by atoms with van der Waals surface area (Å²) < 4.78 is 9.74. The molecule has 2 rings (SSSR count). The second kappa shape index (κ2) is 12.2. The maximum absolute atomic E-state index is 11.5. The van der Waals surface area contributed by atoms with Gasteiger partial charge in [-0.1, -0.05) is 27.7 Å². The smallest absolute Gasteiger partial charge is 0.410 e. The van der Waals surface area contributed by atoms with E-state index < -0.39 is 0 Å². The van der Waals surface area contributed by atoms with Crippen molar-refractivity contribution in [3.8, 4) is 0 Å². The van der Waals surface area contributed by atoms with E-state index in [9.17, 15) is 4.79 Å². The van der Waals surface area contributed by atoms with Gasteiger partial charge in [0.25, 0.3) is 0 Å². The molecule has 0 aromatic heterocycles. The molecule has 0 bridgehead atoms. The minimum absolute atomic E-state index is 0.139. The minimum atomic E-state index is -0.357. The highest BCUT2D eigenvalue weighted by Crippen LogP contribution is 2.45. The van der Waals surface area contributed by atoms with Crippen LogP contribution in [0.25, 0.3) is 0 Å². The van der Waals surface area contributed by atoms with Crippen LogP contribution in [0.3, 0.4) is 0 Å². The fourth-order valence-electron chi connectivity index (χ4n) is 1.87. The summed E-state index contributed by atoms with van der Waals surface area (Å²) in [7, 11) is 1.64. The molecule has 2 atom stereocenters. The Morgan fingerprint density at radius 3 is 1.76 bits per heavy atom. The van der Waals surface area contributed by atoms with Crippen LogP contribution in [0.1, 0.15) is 54.9 Å². The molecular formula is C16H35NO3S. The molecular weight excluding hydrogens is 286 g/mol. The predicted octanol–water partition coefficient (Wildman–Crippen LogP) is 4.84. The Hall–Kier alpha value is -0.420. The summed E-state index contributed by atoms with van der Waals surface area (Å²) in [6.07, 6.45) is 3.05. The van der Waals surface area contributed by atoms with Gasteiger partial charge in [0, 0.05) is 19.3 Å². The molecule has 0 radical (unpaired) electrons. The summed E-state index contributed by atoms with van der Waals surface area (Å²) in [6.45, 7) is 15.5. The first kappa shape index (κ1) is 22.9. The normalized spacial score (nSPS) is 21.5. The number of rotatable bonds is 1. The molecule has 2 unspecified atom stereocenters. The first-order valence-corrected chi connectivity index (χ1v) is 9.07. The number of ether oxygens (including phenoxy) is 1. The van der Waals surface area contributed by atoms with Gasteiger partial charge in [0.05, 0.1) is 7.11 Å². The lowest BCUT2D eigenvalue weighted by molar-refractivity contribution is 0.0274. The summed E-state index contributed by atoms with van der Waals surface area (Å²) in [5.41, 5.74) is -0.357. The van der Waals surface area contributed by atoms with Crippen LogP contribution in [0.2, 0.25) is 0 Å².